The molecule has 6 nitrogen and oxygen atoms in total. The van der Waals surface area contributed by atoms with Crippen molar-refractivity contribution < 1.29 is 13.2 Å². The Labute approximate surface area is 137 Å². The molecule has 126 valence electrons. The predicted octanol–water partition coefficient (Wildman–Crippen LogP) is 0.759. The number of amides is 1. The molecule has 0 saturated carbocycles. The number of para-hydroxylation sites is 1. The number of rotatable bonds is 3. The summed E-state index contributed by atoms with van der Waals surface area (Å²) in [5, 5.41) is 0. The Morgan fingerprint density at radius 2 is 1.70 bits per heavy atom. The van der Waals surface area contributed by atoms with Crippen molar-refractivity contribution in [2.45, 2.75) is 18.9 Å². The number of sulfonamides is 1. The van der Waals surface area contributed by atoms with Crippen LogP contribution in [-0.4, -0.2) is 68.6 Å². The summed E-state index contributed by atoms with van der Waals surface area (Å²) in [5.41, 5.74) is 1.17. The van der Waals surface area contributed by atoms with Crippen LogP contribution in [0.4, 0.5) is 5.69 Å². The van der Waals surface area contributed by atoms with Gasteiger partial charge in [0.25, 0.3) is 0 Å². The molecule has 0 bridgehead atoms. The number of hydrogen-bond donors (Lipinski definition) is 0. The van der Waals surface area contributed by atoms with Gasteiger partial charge >= 0.3 is 0 Å². The molecule has 0 N–H and O–H groups in total. The molecule has 0 aliphatic carbocycles. The summed E-state index contributed by atoms with van der Waals surface area (Å²) in [6.07, 6.45) is 2.57. The van der Waals surface area contributed by atoms with E-state index in [1.807, 2.05) is 23.1 Å². The second-order valence-electron chi connectivity index (χ2n) is 6.18. The van der Waals surface area contributed by atoms with Gasteiger partial charge in [-0.1, -0.05) is 18.2 Å². The highest BCUT2D eigenvalue weighted by molar-refractivity contribution is 7.88. The average molecular weight is 337 g/mol. The van der Waals surface area contributed by atoms with Gasteiger partial charge in [0, 0.05) is 38.4 Å². The summed E-state index contributed by atoms with van der Waals surface area (Å²) < 4.78 is 25.0. The minimum atomic E-state index is -3.31. The van der Waals surface area contributed by atoms with Crippen LogP contribution in [-0.2, 0) is 14.8 Å². The van der Waals surface area contributed by atoms with Crippen molar-refractivity contribution in [1.82, 2.24) is 9.21 Å². The van der Waals surface area contributed by atoms with Crippen LogP contribution in [0.5, 0.6) is 0 Å². The molecule has 1 unspecified atom stereocenters. The minimum Gasteiger partial charge on any atom is -0.368 e. The van der Waals surface area contributed by atoms with Crippen LogP contribution < -0.4 is 4.90 Å². The van der Waals surface area contributed by atoms with Crippen LogP contribution >= 0.6 is 0 Å². The fourth-order valence-electron chi connectivity index (χ4n) is 3.42. The van der Waals surface area contributed by atoms with E-state index in [0.29, 0.717) is 26.1 Å². The third kappa shape index (κ3) is 3.50. The van der Waals surface area contributed by atoms with Crippen LogP contribution in [0.2, 0.25) is 0 Å². The Balaban J connectivity index is 1.62. The lowest BCUT2D eigenvalue weighted by Crippen LogP contribution is -2.54. The van der Waals surface area contributed by atoms with Gasteiger partial charge in [0.15, 0.2) is 0 Å². The fraction of sp³-hybridized carbons (Fsp3) is 0.562. The zero-order valence-corrected chi connectivity index (χ0v) is 14.2. The van der Waals surface area contributed by atoms with E-state index < -0.39 is 16.1 Å². The first kappa shape index (κ1) is 16.3. The molecule has 1 aromatic rings. The van der Waals surface area contributed by atoms with Crippen molar-refractivity contribution in [2.75, 3.05) is 43.9 Å². The molecule has 0 radical (unpaired) electrons. The minimum absolute atomic E-state index is 0.0411. The quantitative estimate of drug-likeness (QED) is 0.817. The second kappa shape index (κ2) is 6.49. The van der Waals surface area contributed by atoms with E-state index in [1.165, 1.54) is 16.2 Å². The molecular formula is C16H23N3O3S. The maximum atomic E-state index is 12.7. The van der Waals surface area contributed by atoms with Crippen molar-refractivity contribution in [2.24, 2.45) is 0 Å². The van der Waals surface area contributed by atoms with Gasteiger partial charge in [-0.25, -0.2) is 8.42 Å². The Kier molecular flexibility index (Phi) is 4.59. The first-order valence-corrected chi connectivity index (χ1v) is 9.87. The molecular weight excluding hydrogens is 314 g/mol. The van der Waals surface area contributed by atoms with Crippen molar-refractivity contribution in [3.63, 3.8) is 0 Å². The molecule has 1 atom stereocenters. The first-order chi connectivity index (χ1) is 11.0. The van der Waals surface area contributed by atoms with E-state index in [1.54, 1.807) is 0 Å². The summed E-state index contributed by atoms with van der Waals surface area (Å²) in [7, 11) is -3.31. The van der Waals surface area contributed by atoms with Crippen LogP contribution in [0.25, 0.3) is 0 Å². The van der Waals surface area contributed by atoms with Gasteiger partial charge in [-0.3, -0.25) is 4.79 Å². The summed E-state index contributed by atoms with van der Waals surface area (Å²) in [6, 6.07) is 9.64. The fourth-order valence-corrected chi connectivity index (χ4v) is 4.54. The molecule has 1 amide bonds. The van der Waals surface area contributed by atoms with Crippen molar-refractivity contribution in [3.8, 4) is 0 Å². The number of nitrogens with zero attached hydrogens (tertiary/aromatic N) is 3. The number of hydrogen-bond acceptors (Lipinski definition) is 4. The van der Waals surface area contributed by atoms with Crippen LogP contribution in [0.1, 0.15) is 12.8 Å². The maximum Gasteiger partial charge on any atom is 0.241 e. The standard InChI is InChI=1S/C16H23N3O3S/c1-23(21,22)19-9-5-8-15(19)16(20)18-12-10-17(11-13-18)14-6-3-2-4-7-14/h2-4,6-7,15H,5,8-13H2,1H3. The van der Waals surface area contributed by atoms with Crippen molar-refractivity contribution >= 4 is 21.6 Å². The van der Waals surface area contributed by atoms with Crippen LogP contribution in [0.3, 0.4) is 0 Å². The largest absolute Gasteiger partial charge is 0.368 e. The monoisotopic (exact) mass is 337 g/mol. The topological polar surface area (TPSA) is 60.9 Å². The highest BCUT2D eigenvalue weighted by Gasteiger charge is 2.39. The summed E-state index contributed by atoms with van der Waals surface area (Å²) in [4.78, 5) is 16.8. The molecule has 3 rings (SSSR count). The first-order valence-electron chi connectivity index (χ1n) is 8.02. The van der Waals surface area contributed by atoms with Crippen molar-refractivity contribution in [1.29, 1.82) is 0 Å². The predicted molar refractivity (Wildman–Crippen MR) is 89.8 cm³/mol. The van der Waals surface area contributed by atoms with E-state index in [-0.39, 0.29) is 5.91 Å². The molecule has 0 aromatic heterocycles. The lowest BCUT2D eigenvalue weighted by Gasteiger charge is -2.38. The number of carbonyl (C=O) groups is 1. The van der Waals surface area contributed by atoms with E-state index in [2.05, 4.69) is 17.0 Å². The molecule has 1 aromatic carbocycles. The Morgan fingerprint density at radius 3 is 2.30 bits per heavy atom. The number of anilines is 1. The average Bonchev–Trinajstić information content (AvgIpc) is 3.05. The van der Waals surface area contributed by atoms with E-state index in [9.17, 15) is 13.2 Å². The Morgan fingerprint density at radius 1 is 1.04 bits per heavy atom. The molecule has 2 aliphatic heterocycles. The number of benzene rings is 1. The van der Waals surface area contributed by atoms with Crippen LogP contribution in [0.15, 0.2) is 30.3 Å². The molecule has 2 heterocycles. The van der Waals surface area contributed by atoms with Gasteiger partial charge in [0.1, 0.15) is 6.04 Å². The van der Waals surface area contributed by atoms with Crippen molar-refractivity contribution in [3.05, 3.63) is 30.3 Å². The zero-order valence-electron chi connectivity index (χ0n) is 13.4. The molecule has 7 heteroatoms. The SMILES string of the molecule is CS(=O)(=O)N1CCCC1C(=O)N1CCN(c2ccccc2)CC1. The maximum absolute atomic E-state index is 12.7. The molecule has 2 fully saturated rings. The third-order valence-corrected chi connectivity index (χ3v) is 5.92. The summed E-state index contributed by atoms with van der Waals surface area (Å²) >= 11 is 0. The lowest BCUT2D eigenvalue weighted by atomic mass is 10.1. The van der Waals surface area contributed by atoms with E-state index in [4.69, 9.17) is 0 Å². The molecule has 2 aliphatic rings. The van der Waals surface area contributed by atoms with Gasteiger partial charge in [0.05, 0.1) is 6.26 Å². The van der Waals surface area contributed by atoms with Gasteiger partial charge in [0.2, 0.25) is 15.9 Å². The van der Waals surface area contributed by atoms with Gasteiger partial charge in [-0.05, 0) is 25.0 Å². The van der Waals surface area contributed by atoms with Gasteiger partial charge < -0.3 is 9.80 Å². The number of piperazine rings is 1. The summed E-state index contributed by atoms with van der Waals surface area (Å²) in [5.74, 6) is -0.0411. The Bertz CT molecular complexity index is 654. The van der Waals surface area contributed by atoms with Gasteiger partial charge in [-0.15, -0.1) is 0 Å². The van der Waals surface area contributed by atoms with Crippen LogP contribution in [0, 0.1) is 0 Å². The van der Waals surface area contributed by atoms with E-state index in [0.717, 1.165) is 19.5 Å². The molecule has 23 heavy (non-hydrogen) atoms. The highest BCUT2D eigenvalue weighted by atomic mass is 32.2. The van der Waals surface area contributed by atoms with Gasteiger partial charge in [-0.2, -0.15) is 4.31 Å². The third-order valence-electron chi connectivity index (χ3n) is 4.63. The lowest BCUT2D eigenvalue weighted by molar-refractivity contribution is -0.134. The van der Waals surface area contributed by atoms with E-state index >= 15 is 0 Å². The number of carbonyl (C=O) groups excluding carboxylic acids is 1. The zero-order chi connectivity index (χ0) is 16.4. The second-order valence-corrected chi connectivity index (χ2v) is 8.11. The summed E-state index contributed by atoms with van der Waals surface area (Å²) in [6.45, 7) is 3.30. The Hall–Kier alpha value is -1.60. The normalized spacial score (nSPS) is 23.3. The highest BCUT2D eigenvalue weighted by Crippen LogP contribution is 2.23. The smallest absolute Gasteiger partial charge is 0.241 e. The molecule has 2 saturated heterocycles. The molecule has 0 spiro atoms.